The molecular formula is C20H16BrCl2NO4. The lowest BCUT2D eigenvalue weighted by Crippen LogP contribution is -2.06. The highest BCUT2D eigenvalue weighted by atomic mass is 79.9. The second kappa shape index (κ2) is 10.4. The van der Waals surface area contributed by atoms with Crippen LogP contribution in [0.5, 0.6) is 11.5 Å². The first kappa shape index (κ1) is 22.1. The van der Waals surface area contributed by atoms with Crippen molar-refractivity contribution >= 4 is 51.2 Å². The number of hydrogen-bond donors (Lipinski definition) is 0. The summed E-state index contributed by atoms with van der Waals surface area (Å²) in [5, 5.41) is 10.2. The molecule has 0 aliphatic heterocycles. The molecule has 0 atom stereocenters. The quantitative estimate of drug-likeness (QED) is 0.281. The predicted molar refractivity (Wildman–Crippen MR) is 112 cm³/mol. The molecule has 0 fully saturated rings. The van der Waals surface area contributed by atoms with Gasteiger partial charge in [0.15, 0.2) is 11.5 Å². The van der Waals surface area contributed by atoms with Gasteiger partial charge in [-0.25, -0.2) is 4.79 Å². The van der Waals surface area contributed by atoms with Crippen molar-refractivity contribution in [1.29, 1.82) is 5.26 Å². The van der Waals surface area contributed by atoms with Gasteiger partial charge in [0.2, 0.25) is 0 Å². The summed E-state index contributed by atoms with van der Waals surface area (Å²) in [7, 11) is 1.49. The summed E-state index contributed by atoms with van der Waals surface area (Å²) in [6.45, 7) is 2.06. The smallest absolute Gasteiger partial charge is 0.348 e. The number of methoxy groups -OCH3 is 1. The summed E-state index contributed by atoms with van der Waals surface area (Å²) in [5.41, 5.74) is 1.22. The van der Waals surface area contributed by atoms with Crippen LogP contribution in [0, 0.1) is 11.3 Å². The maximum atomic E-state index is 11.8. The van der Waals surface area contributed by atoms with Crippen LogP contribution in [-0.2, 0) is 16.1 Å². The largest absolute Gasteiger partial charge is 0.493 e. The molecule has 0 N–H and O–H groups in total. The third-order valence-corrected chi connectivity index (χ3v) is 4.74. The van der Waals surface area contributed by atoms with Crippen molar-refractivity contribution in [2.24, 2.45) is 0 Å². The van der Waals surface area contributed by atoms with Crippen LogP contribution in [0.25, 0.3) is 6.08 Å². The van der Waals surface area contributed by atoms with E-state index in [0.717, 1.165) is 5.56 Å². The van der Waals surface area contributed by atoms with E-state index in [2.05, 4.69) is 15.9 Å². The molecule has 8 heteroatoms. The van der Waals surface area contributed by atoms with Crippen molar-refractivity contribution in [2.75, 3.05) is 13.7 Å². The van der Waals surface area contributed by atoms with E-state index in [1.165, 1.54) is 13.2 Å². The molecule has 0 saturated carbocycles. The van der Waals surface area contributed by atoms with Crippen molar-refractivity contribution in [3.05, 3.63) is 61.5 Å². The number of esters is 1. The number of nitriles is 1. The van der Waals surface area contributed by atoms with Crippen molar-refractivity contribution in [3.63, 3.8) is 0 Å². The number of rotatable bonds is 7. The van der Waals surface area contributed by atoms with Crippen molar-refractivity contribution in [3.8, 4) is 17.6 Å². The van der Waals surface area contributed by atoms with Crippen LogP contribution in [0.4, 0.5) is 0 Å². The molecule has 0 aliphatic carbocycles. The molecule has 0 aliphatic rings. The zero-order chi connectivity index (χ0) is 20.7. The molecule has 0 saturated heterocycles. The summed E-state index contributed by atoms with van der Waals surface area (Å²) in [4.78, 5) is 11.8. The zero-order valence-corrected chi connectivity index (χ0v) is 18.2. The molecule has 2 aromatic carbocycles. The molecule has 0 spiro atoms. The van der Waals surface area contributed by atoms with Crippen LogP contribution in [0.1, 0.15) is 18.1 Å². The van der Waals surface area contributed by atoms with E-state index in [9.17, 15) is 10.1 Å². The highest BCUT2D eigenvalue weighted by molar-refractivity contribution is 9.10. The third-order valence-electron chi connectivity index (χ3n) is 3.57. The zero-order valence-electron chi connectivity index (χ0n) is 15.1. The standard InChI is InChI=1S/C20H16BrCl2NO4/c1-3-27-20(25)14(10-24)6-12-7-16(21)19(18(8-12)26-2)28-11-13-4-5-15(22)9-17(13)23/h4-9H,3,11H2,1-2H3. The molecule has 28 heavy (non-hydrogen) atoms. The van der Waals surface area contributed by atoms with E-state index in [4.69, 9.17) is 37.4 Å². The fourth-order valence-electron chi connectivity index (χ4n) is 2.26. The van der Waals surface area contributed by atoms with E-state index < -0.39 is 5.97 Å². The fraction of sp³-hybridized carbons (Fsp3) is 0.200. The second-order valence-electron chi connectivity index (χ2n) is 5.45. The van der Waals surface area contributed by atoms with E-state index in [1.807, 2.05) is 6.07 Å². The summed E-state index contributed by atoms with van der Waals surface area (Å²) in [6, 6.07) is 10.3. The number of ether oxygens (including phenoxy) is 3. The van der Waals surface area contributed by atoms with Gasteiger partial charge in [-0.15, -0.1) is 0 Å². The normalized spacial score (nSPS) is 10.9. The SMILES string of the molecule is CCOC(=O)C(C#N)=Cc1cc(Br)c(OCc2ccc(Cl)cc2Cl)c(OC)c1. The fourth-order valence-corrected chi connectivity index (χ4v) is 3.30. The summed E-state index contributed by atoms with van der Waals surface area (Å²) >= 11 is 15.5. The Hall–Kier alpha value is -2.20. The second-order valence-corrected chi connectivity index (χ2v) is 7.15. The number of halogens is 3. The molecular weight excluding hydrogens is 469 g/mol. The predicted octanol–water partition coefficient (Wildman–Crippen LogP) is 5.81. The number of nitrogens with zero attached hydrogens (tertiary/aromatic N) is 1. The number of hydrogen-bond acceptors (Lipinski definition) is 5. The highest BCUT2D eigenvalue weighted by Gasteiger charge is 2.15. The van der Waals surface area contributed by atoms with Gasteiger partial charge in [-0.3, -0.25) is 0 Å². The number of benzene rings is 2. The van der Waals surface area contributed by atoms with Crippen molar-refractivity contribution in [1.82, 2.24) is 0 Å². The van der Waals surface area contributed by atoms with Crippen molar-refractivity contribution < 1.29 is 19.0 Å². The maximum absolute atomic E-state index is 11.8. The van der Waals surface area contributed by atoms with E-state index in [-0.39, 0.29) is 18.8 Å². The molecule has 0 amide bonds. The van der Waals surface area contributed by atoms with Crippen molar-refractivity contribution in [2.45, 2.75) is 13.5 Å². The molecule has 0 heterocycles. The monoisotopic (exact) mass is 483 g/mol. The van der Waals surface area contributed by atoms with E-state index >= 15 is 0 Å². The Kier molecular flexibility index (Phi) is 8.18. The van der Waals surface area contributed by atoms with Gasteiger partial charge < -0.3 is 14.2 Å². The van der Waals surface area contributed by atoms with Gasteiger partial charge in [-0.2, -0.15) is 5.26 Å². The Morgan fingerprint density at radius 1 is 1.29 bits per heavy atom. The Morgan fingerprint density at radius 3 is 2.64 bits per heavy atom. The van der Waals surface area contributed by atoms with E-state index in [1.54, 1.807) is 37.3 Å². The van der Waals surface area contributed by atoms with Crippen LogP contribution in [0.15, 0.2) is 40.4 Å². The molecule has 146 valence electrons. The van der Waals surface area contributed by atoms with Gasteiger partial charge in [-0.1, -0.05) is 29.3 Å². The average Bonchev–Trinajstić information content (AvgIpc) is 2.66. The molecule has 2 rings (SSSR count). The molecule has 2 aromatic rings. The first-order valence-corrected chi connectivity index (χ1v) is 9.67. The first-order valence-electron chi connectivity index (χ1n) is 8.12. The minimum absolute atomic E-state index is 0.114. The van der Waals surface area contributed by atoms with Gasteiger partial charge in [0.05, 0.1) is 18.2 Å². The van der Waals surface area contributed by atoms with Crippen LogP contribution >= 0.6 is 39.1 Å². The Morgan fingerprint density at radius 2 is 2.04 bits per heavy atom. The maximum Gasteiger partial charge on any atom is 0.348 e. The highest BCUT2D eigenvalue weighted by Crippen LogP contribution is 2.38. The summed E-state index contributed by atoms with van der Waals surface area (Å²) < 4.78 is 16.7. The molecule has 0 bridgehead atoms. The van der Waals surface area contributed by atoms with Gasteiger partial charge in [0, 0.05) is 15.6 Å². The molecule has 0 radical (unpaired) electrons. The molecule has 0 aromatic heterocycles. The minimum Gasteiger partial charge on any atom is -0.493 e. The summed E-state index contributed by atoms with van der Waals surface area (Å²) in [6.07, 6.45) is 1.42. The lowest BCUT2D eigenvalue weighted by atomic mass is 10.1. The molecule has 5 nitrogen and oxygen atoms in total. The van der Waals surface area contributed by atoms with Crippen LogP contribution in [-0.4, -0.2) is 19.7 Å². The topological polar surface area (TPSA) is 68.6 Å². The van der Waals surface area contributed by atoms with Crippen LogP contribution in [0.3, 0.4) is 0 Å². The van der Waals surface area contributed by atoms with Gasteiger partial charge >= 0.3 is 5.97 Å². The van der Waals surface area contributed by atoms with Crippen LogP contribution in [0.2, 0.25) is 10.0 Å². The Bertz CT molecular complexity index is 954. The Labute approximate surface area is 181 Å². The first-order chi connectivity index (χ1) is 13.4. The Balaban J connectivity index is 2.30. The van der Waals surface area contributed by atoms with Gasteiger partial charge in [0.25, 0.3) is 0 Å². The average molecular weight is 485 g/mol. The third kappa shape index (κ3) is 5.65. The van der Waals surface area contributed by atoms with Crippen LogP contribution < -0.4 is 9.47 Å². The lowest BCUT2D eigenvalue weighted by molar-refractivity contribution is -0.137. The molecule has 0 unspecified atom stereocenters. The minimum atomic E-state index is -0.683. The van der Waals surface area contributed by atoms with Gasteiger partial charge in [-0.05, 0) is 58.8 Å². The van der Waals surface area contributed by atoms with E-state index in [0.29, 0.717) is 31.6 Å². The summed E-state index contributed by atoms with van der Waals surface area (Å²) in [5.74, 6) is 0.199. The number of carbonyl (C=O) groups is 1. The lowest BCUT2D eigenvalue weighted by Gasteiger charge is -2.14. The number of carbonyl (C=O) groups excluding carboxylic acids is 1. The van der Waals surface area contributed by atoms with Gasteiger partial charge in [0.1, 0.15) is 18.2 Å².